The fourth-order valence-electron chi connectivity index (χ4n) is 2.53. The van der Waals surface area contributed by atoms with E-state index in [1.54, 1.807) is 6.07 Å². The van der Waals surface area contributed by atoms with E-state index >= 15 is 0 Å². The molecule has 1 aromatic rings. The molecule has 0 radical (unpaired) electrons. The quantitative estimate of drug-likeness (QED) is 0.753. The number of nitrogens with one attached hydrogen (secondary N) is 1. The predicted molar refractivity (Wildman–Crippen MR) is 62.4 cm³/mol. The molecule has 2 heterocycles. The summed E-state index contributed by atoms with van der Waals surface area (Å²) < 4.78 is 13.1. The van der Waals surface area contributed by atoms with E-state index in [-0.39, 0.29) is 24.8 Å². The number of halogens is 1. The summed E-state index contributed by atoms with van der Waals surface area (Å²) in [5.41, 5.74) is 1.00. The summed E-state index contributed by atoms with van der Waals surface area (Å²) in [6.07, 6.45) is 0.526. The maximum atomic E-state index is 13.1. The highest BCUT2D eigenvalue weighted by Crippen LogP contribution is 2.27. The molecule has 1 saturated heterocycles. The number of benzene rings is 1. The third-order valence-electron chi connectivity index (χ3n) is 3.49. The molecule has 6 heteroatoms. The second-order valence-corrected chi connectivity index (χ2v) is 4.70. The van der Waals surface area contributed by atoms with Gasteiger partial charge in [-0.3, -0.25) is 19.7 Å². The lowest BCUT2D eigenvalue weighted by molar-refractivity contribution is -0.136. The van der Waals surface area contributed by atoms with Crippen molar-refractivity contribution in [1.29, 1.82) is 0 Å². The van der Waals surface area contributed by atoms with E-state index in [4.69, 9.17) is 0 Å². The maximum absolute atomic E-state index is 13.1. The van der Waals surface area contributed by atoms with Crippen molar-refractivity contribution in [2.24, 2.45) is 0 Å². The molecular formula is C13H11FN2O3. The van der Waals surface area contributed by atoms with E-state index in [2.05, 4.69) is 5.32 Å². The number of piperidine rings is 1. The minimum Gasteiger partial charge on any atom is -0.322 e. The molecule has 2 aliphatic rings. The van der Waals surface area contributed by atoms with Crippen LogP contribution in [0.3, 0.4) is 0 Å². The number of hydrogen-bond donors (Lipinski definition) is 1. The molecule has 19 heavy (non-hydrogen) atoms. The molecule has 1 N–H and O–H groups in total. The van der Waals surface area contributed by atoms with Gasteiger partial charge in [0.1, 0.15) is 11.9 Å². The van der Waals surface area contributed by atoms with Crippen LogP contribution in [0.2, 0.25) is 0 Å². The van der Waals surface area contributed by atoms with Crippen LogP contribution in [0.15, 0.2) is 18.2 Å². The average molecular weight is 262 g/mol. The van der Waals surface area contributed by atoms with Gasteiger partial charge in [-0.15, -0.1) is 0 Å². The number of amides is 3. The van der Waals surface area contributed by atoms with Crippen molar-refractivity contribution in [2.45, 2.75) is 25.4 Å². The van der Waals surface area contributed by atoms with Gasteiger partial charge in [0.2, 0.25) is 11.8 Å². The zero-order valence-electron chi connectivity index (χ0n) is 9.98. The number of fused-ring (bicyclic) bond motifs is 1. The number of nitrogens with zero attached hydrogens (tertiary/aromatic N) is 1. The molecule has 2 aliphatic heterocycles. The topological polar surface area (TPSA) is 66.5 Å². The van der Waals surface area contributed by atoms with Gasteiger partial charge in [0.05, 0.1) is 0 Å². The number of hydrogen-bond acceptors (Lipinski definition) is 3. The third-order valence-corrected chi connectivity index (χ3v) is 3.49. The number of imide groups is 1. The Morgan fingerprint density at radius 2 is 2.05 bits per heavy atom. The Morgan fingerprint density at radius 3 is 2.79 bits per heavy atom. The van der Waals surface area contributed by atoms with Gasteiger partial charge in [0.25, 0.3) is 5.91 Å². The molecule has 1 unspecified atom stereocenters. The van der Waals surface area contributed by atoms with E-state index in [1.165, 1.54) is 17.0 Å². The number of rotatable bonds is 1. The molecule has 98 valence electrons. The number of carbonyl (C=O) groups is 3. The van der Waals surface area contributed by atoms with Gasteiger partial charge in [0, 0.05) is 18.5 Å². The molecule has 5 nitrogen and oxygen atoms in total. The summed E-state index contributed by atoms with van der Waals surface area (Å²) >= 11 is 0. The smallest absolute Gasteiger partial charge is 0.255 e. The normalized spacial score (nSPS) is 22.5. The average Bonchev–Trinajstić information content (AvgIpc) is 2.67. The van der Waals surface area contributed by atoms with Gasteiger partial charge in [-0.2, -0.15) is 0 Å². The summed E-state index contributed by atoms with van der Waals surface area (Å²) in [6, 6.07) is 3.37. The number of carbonyl (C=O) groups excluding carboxylic acids is 3. The Hall–Kier alpha value is -2.24. The molecule has 1 fully saturated rings. The molecule has 1 atom stereocenters. The van der Waals surface area contributed by atoms with Crippen LogP contribution in [0.25, 0.3) is 0 Å². The SMILES string of the molecule is O=C1CCC(N2Cc3ccc(F)cc3C2=O)C(=O)N1. The van der Waals surface area contributed by atoms with Gasteiger partial charge in [0.15, 0.2) is 0 Å². The van der Waals surface area contributed by atoms with Crippen LogP contribution in [-0.4, -0.2) is 28.7 Å². The standard InChI is InChI=1S/C13H11FN2O3/c14-8-2-1-7-6-16(13(19)9(7)5-8)10-3-4-11(17)15-12(10)18/h1-2,5,10H,3-4,6H2,(H,15,17,18). The summed E-state index contributed by atoms with van der Waals surface area (Å²) in [5, 5.41) is 2.22. The first-order valence-corrected chi connectivity index (χ1v) is 5.99. The molecule has 3 rings (SSSR count). The van der Waals surface area contributed by atoms with Crippen molar-refractivity contribution < 1.29 is 18.8 Å². The molecule has 0 spiro atoms. The maximum Gasteiger partial charge on any atom is 0.255 e. The van der Waals surface area contributed by atoms with Gasteiger partial charge < -0.3 is 4.90 Å². The fraction of sp³-hybridized carbons (Fsp3) is 0.308. The predicted octanol–water partition coefficient (Wildman–Crippen LogP) is 0.587. The second kappa shape index (κ2) is 4.15. The Bertz CT molecular complexity index is 600. The van der Waals surface area contributed by atoms with Crippen LogP contribution in [-0.2, 0) is 16.1 Å². The van der Waals surface area contributed by atoms with Crippen LogP contribution in [0.4, 0.5) is 4.39 Å². The molecule has 0 aliphatic carbocycles. The second-order valence-electron chi connectivity index (χ2n) is 4.70. The van der Waals surface area contributed by atoms with E-state index in [1.807, 2.05) is 0 Å². The first-order valence-electron chi connectivity index (χ1n) is 5.99. The van der Waals surface area contributed by atoms with Gasteiger partial charge in [-0.25, -0.2) is 4.39 Å². The van der Waals surface area contributed by atoms with Crippen LogP contribution in [0, 0.1) is 5.82 Å². The first kappa shape index (κ1) is 11.8. The van der Waals surface area contributed by atoms with Crippen LogP contribution < -0.4 is 5.32 Å². The fourth-order valence-corrected chi connectivity index (χ4v) is 2.53. The summed E-state index contributed by atoms with van der Waals surface area (Å²) in [5.74, 6) is -1.62. The van der Waals surface area contributed by atoms with E-state index in [0.717, 1.165) is 0 Å². The monoisotopic (exact) mass is 262 g/mol. The molecule has 1 aromatic carbocycles. The van der Waals surface area contributed by atoms with Crippen LogP contribution in [0.1, 0.15) is 28.8 Å². The highest BCUT2D eigenvalue weighted by Gasteiger charge is 2.39. The van der Waals surface area contributed by atoms with Crippen molar-refractivity contribution in [3.8, 4) is 0 Å². The Kier molecular flexibility index (Phi) is 2.58. The van der Waals surface area contributed by atoms with Crippen molar-refractivity contribution in [2.75, 3.05) is 0 Å². The lowest BCUT2D eigenvalue weighted by Gasteiger charge is -2.29. The molecule has 0 aromatic heterocycles. The van der Waals surface area contributed by atoms with E-state index < -0.39 is 17.8 Å². The molecule has 0 saturated carbocycles. The van der Waals surface area contributed by atoms with Crippen molar-refractivity contribution in [1.82, 2.24) is 10.2 Å². The van der Waals surface area contributed by atoms with Crippen LogP contribution in [0.5, 0.6) is 0 Å². The highest BCUT2D eigenvalue weighted by atomic mass is 19.1. The van der Waals surface area contributed by atoms with Gasteiger partial charge in [-0.05, 0) is 24.1 Å². The van der Waals surface area contributed by atoms with Gasteiger partial charge in [-0.1, -0.05) is 6.07 Å². The van der Waals surface area contributed by atoms with E-state index in [9.17, 15) is 18.8 Å². The third kappa shape index (κ3) is 1.89. The van der Waals surface area contributed by atoms with Crippen LogP contribution >= 0.6 is 0 Å². The zero-order chi connectivity index (χ0) is 13.6. The Labute approximate surface area is 108 Å². The van der Waals surface area contributed by atoms with Gasteiger partial charge >= 0.3 is 0 Å². The Balaban J connectivity index is 1.88. The molecule has 0 bridgehead atoms. The van der Waals surface area contributed by atoms with Crippen molar-refractivity contribution >= 4 is 17.7 Å². The molecule has 3 amide bonds. The zero-order valence-corrected chi connectivity index (χ0v) is 9.98. The highest BCUT2D eigenvalue weighted by molar-refractivity contribution is 6.05. The molecular weight excluding hydrogens is 251 g/mol. The summed E-state index contributed by atoms with van der Waals surface area (Å²) in [6.45, 7) is 0.278. The van der Waals surface area contributed by atoms with Crippen molar-refractivity contribution in [3.05, 3.63) is 35.1 Å². The summed E-state index contributed by atoms with van der Waals surface area (Å²) in [7, 11) is 0. The van der Waals surface area contributed by atoms with E-state index in [0.29, 0.717) is 17.5 Å². The lowest BCUT2D eigenvalue weighted by Crippen LogP contribution is -2.52. The minimum absolute atomic E-state index is 0.213. The minimum atomic E-state index is -0.652. The summed E-state index contributed by atoms with van der Waals surface area (Å²) in [4.78, 5) is 36.4. The Morgan fingerprint density at radius 1 is 1.26 bits per heavy atom. The lowest BCUT2D eigenvalue weighted by atomic mass is 10.0. The largest absolute Gasteiger partial charge is 0.322 e. The van der Waals surface area contributed by atoms with Crippen molar-refractivity contribution in [3.63, 3.8) is 0 Å². The first-order chi connectivity index (χ1) is 9.06.